The topological polar surface area (TPSA) is 77.4 Å². The number of benzene rings is 3. The van der Waals surface area contributed by atoms with E-state index in [9.17, 15) is 9.59 Å². The van der Waals surface area contributed by atoms with E-state index in [0.717, 1.165) is 22.4 Å². The molecule has 1 amide bonds. The summed E-state index contributed by atoms with van der Waals surface area (Å²) in [6.45, 7) is 1.75. The Kier molecular flexibility index (Phi) is 8.25. The van der Waals surface area contributed by atoms with Gasteiger partial charge in [-0.3, -0.25) is 4.79 Å². The molecule has 7 nitrogen and oxygen atoms in total. The Labute approximate surface area is 220 Å². The summed E-state index contributed by atoms with van der Waals surface area (Å²) in [6.07, 6.45) is 1.96. The Balaban J connectivity index is 1.48. The number of nitrogens with zero attached hydrogens (tertiary/aromatic N) is 2. The van der Waals surface area contributed by atoms with Crippen molar-refractivity contribution in [2.24, 2.45) is 5.10 Å². The van der Waals surface area contributed by atoms with Gasteiger partial charge in [0.25, 0.3) is 0 Å². The number of halogens is 1. The molecule has 0 radical (unpaired) electrons. The third-order valence-corrected chi connectivity index (χ3v) is 6.27. The third-order valence-electron chi connectivity index (χ3n) is 6.02. The first-order chi connectivity index (χ1) is 17.9. The van der Waals surface area contributed by atoms with Crippen molar-refractivity contribution in [2.75, 3.05) is 14.2 Å². The molecule has 3 aromatic carbocycles. The zero-order chi connectivity index (χ0) is 26.4. The molecule has 1 unspecified atom stereocenters. The molecule has 1 aliphatic heterocycles. The van der Waals surface area contributed by atoms with Crippen molar-refractivity contribution in [3.8, 4) is 5.75 Å². The number of methoxy groups -OCH3 is 2. The number of hydrazone groups is 1. The van der Waals surface area contributed by atoms with Crippen LogP contribution in [0.3, 0.4) is 0 Å². The summed E-state index contributed by atoms with van der Waals surface area (Å²) in [5, 5.41) is 6.76. The summed E-state index contributed by atoms with van der Waals surface area (Å²) in [5.41, 5.74) is 4.50. The molecule has 190 valence electrons. The van der Waals surface area contributed by atoms with E-state index in [1.807, 2.05) is 72.8 Å². The van der Waals surface area contributed by atoms with E-state index >= 15 is 0 Å². The van der Waals surface area contributed by atoms with Gasteiger partial charge in [0.1, 0.15) is 17.9 Å². The average Bonchev–Trinajstić information content (AvgIpc) is 3.37. The van der Waals surface area contributed by atoms with Crippen LogP contribution in [0.25, 0.3) is 5.57 Å². The van der Waals surface area contributed by atoms with E-state index in [1.165, 1.54) is 32.4 Å². The monoisotopic (exact) mass is 518 g/mol. The van der Waals surface area contributed by atoms with Crippen LogP contribution in [0.2, 0.25) is 5.02 Å². The predicted octanol–water partition coefficient (Wildman–Crippen LogP) is 5.78. The summed E-state index contributed by atoms with van der Waals surface area (Å²) in [7, 11) is 2.81. The van der Waals surface area contributed by atoms with E-state index in [4.69, 9.17) is 25.8 Å². The maximum Gasteiger partial charge on any atom is 0.341 e. The smallest absolute Gasteiger partial charge is 0.341 e. The van der Waals surface area contributed by atoms with Gasteiger partial charge in [-0.05, 0) is 58.7 Å². The van der Waals surface area contributed by atoms with Crippen LogP contribution in [-0.4, -0.2) is 36.8 Å². The number of esters is 1. The van der Waals surface area contributed by atoms with Crippen molar-refractivity contribution in [1.82, 2.24) is 5.01 Å². The molecule has 8 heteroatoms. The second-order valence-corrected chi connectivity index (χ2v) is 8.85. The lowest BCUT2D eigenvalue weighted by atomic mass is 9.98. The Morgan fingerprint density at radius 3 is 2.38 bits per heavy atom. The second kappa shape index (κ2) is 11.8. The highest BCUT2D eigenvalue weighted by molar-refractivity contribution is 6.30. The van der Waals surface area contributed by atoms with E-state index in [0.29, 0.717) is 28.3 Å². The molecular formula is C29H27ClN2O5. The molecule has 0 saturated heterocycles. The molecule has 0 saturated carbocycles. The molecule has 0 bridgehead atoms. The summed E-state index contributed by atoms with van der Waals surface area (Å²) in [5.74, 6) is 0.0417. The van der Waals surface area contributed by atoms with E-state index < -0.39 is 5.97 Å². The predicted molar refractivity (Wildman–Crippen MR) is 142 cm³/mol. The van der Waals surface area contributed by atoms with Crippen molar-refractivity contribution in [3.63, 3.8) is 0 Å². The van der Waals surface area contributed by atoms with Crippen LogP contribution in [0.4, 0.5) is 0 Å². The lowest BCUT2D eigenvalue weighted by molar-refractivity contribution is -0.134. The van der Waals surface area contributed by atoms with Gasteiger partial charge >= 0.3 is 5.97 Å². The first kappa shape index (κ1) is 26.0. The van der Waals surface area contributed by atoms with Crippen LogP contribution in [0.5, 0.6) is 5.75 Å². The maximum absolute atomic E-state index is 12.3. The SMILES string of the molecule is CO/C=C(/C(=O)OC)c1ccccc1COc1ccc(C2=NN(C(C)=O)C(c3ccc(Cl)cc3)C2)cc1. The zero-order valence-electron chi connectivity index (χ0n) is 20.8. The van der Waals surface area contributed by atoms with Gasteiger partial charge in [-0.1, -0.05) is 48.0 Å². The molecule has 4 rings (SSSR count). The molecule has 0 aromatic heterocycles. The lowest BCUT2D eigenvalue weighted by Gasteiger charge is -2.20. The zero-order valence-corrected chi connectivity index (χ0v) is 21.6. The van der Waals surface area contributed by atoms with E-state index in [2.05, 4.69) is 5.10 Å². The van der Waals surface area contributed by atoms with Gasteiger partial charge in [-0.15, -0.1) is 0 Å². The quantitative estimate of drug-likeness (QED) is 0.215. The van der Waals surface area contributed by atoms with E-state index in [-0.39, 0.29) is 18.6 Å². The molecular weight excluding hydrogens is 492 g/mol. The molecule has 37 heavy (non-hydrogen) atoms. The minimum atomic E-state index is -0.493. The molecule has 0 aliphatic carbocycles. The first-order valence-corrected chi connectivity index (χ1v) is 12.0. The number of rotatable bonds is 8. The van der Waals surface area contributed by atoms with Crippen molar-refractivity contribution in [2.45, 2.75) is 26.0 Å². The average molecular weight is 519 g/mol. The standard InChI is InChI=1S/C29H27ClN2O5/c1-19(33)32-28(21-8-12-23(30)13-9-21)16-27(31-32)20-10-14-24(15-11-20)37-17-22-6-4-5-7-25(22)26(18-35-2)29(34)36-3/h4-15,18,28H,16-17H2,1-3H3/b26-18+. The molecule has 1 aliphatic rings. The number of amides is 1. The summed E-state index contributed by atoms with van der Waals surface area (Å²) >= 11 is 6.03. The van der Waals surface area contributed by atoms with Crippen molar-refractivity contribution < 1.29 is 23.8 Å². The Morgan fingerprint density at radius 1 is 1.03 bits per heavy atom. The second-order valence-electron chi connectivity index (χ2n) is 8.41. The number of hydrogen-bond donors (Lipinski definition) is 0. The summed E-state index contributed by atoms with van der Waals surface area (Å²) in [6, 6.07) is 22.3. The fraction of sp³-hybridized carbons (Fsp3) is 0.207. The molecule has 1 heterocycles. The first-order valence-electron chi connectivity index (χ1n) is 11.7. The van der Waals surface area contributed by atoms with Crippen LogP contribution in [-0.2, 0) is 25.7 Å². The minimum Gasteiger partial charge on any atom is -0.503 e. The lowest BCUT2D eigenvalue weighted by Crippen LogP contribution is -2.24. The number of hydrogen-bond acceptors (Lipinski definition) is 6. The van der Waals surface area contributed by atoms with Crippen molar-refractivity contribution in [3.05, 3.63) is 106 Å². The van der Waals surface area contributed by atoms with Crippen LogP contribution in [0, 0.1) is 0 Å². The molecule has 0 fully saturated rings. The maximum atomic E-state index is 12.3. The van der Waals surface area contributed by atoms with Crippen LogP contribution in [0.1, 0.15) is 41.6 Å². The molecule has 0 N–H and O–H groups in total. The van der Waals surface area contributed by atoms with Crippen molar-refractivity contribution in [1.29, 1.82) is 0 Å². The number of carbonyl (C=O) groups is 2. The van der Waals surface area contributed by atoms with Crippen LogP contribution in [0.15, 0.2) is 84.2 Å². The summed E-state index contributed by atoms with van der Waals surface area (Å²) in [4.78, 5) is 24.5. The van der Waals surface area contributed by atoms with Crippen LogP contribution < -0.4 is 4.74 Å². The minimum absolute atomic E-state index is 0.123. The van der Waals surface area contributed by atoms with Gasteiger partial charge in [0, 0.05) is 18.4 Å². The fourth-order valence-electron chi connectivity index (χ4n) is 4.18. The highest BCUT2D eigenvalue weighted by Gasteiger charge is 2.31. The third kappa shape index (κ3) is 6.01. The van der Waals surface area contributed by atoms with Crippen molar-refractivity contribution >= 4 is 34.8 Å². The molecule has 1 atom stereocenters. The fourth-order valence-corrected chi connectivity index (χ4v) is 4.31. The van der Waals surface area contributed by atoms with Crippen LogP contribution >= 0.6 is 11.6 Å². The number of ether oxygens (including phenoxy) is 3. The molecule has 0 spiro atoms. The molecule has 3 aromatic rings. The largest absolute Gasteiger partial charge is 0.503 e. The Morgan fingerprint density at radius 2 is 1.73 bits per heavy atom. The van der Waals surface area contributed by atoms with Gasteiger partial charge in [-0.2, -0.15) is 5.10 Å². The van der Waals surface area contributed by atoms with Gasteiger partial charge < -0.3 is 14.2 Å². The Hall–Kier alpha value is -4.10. The van der Waals surface area contributed by atoms with Gasteiger partial charge in [0.2, 0.25) is 5.91 Å². The van der Waals surface area contributed by atoms with Gasteiger partial charge in [-0.25, -0.2) is 9.80 Å². The normalized spacial score (nSPS) is 15.2. The van der Waals surface area contributed by atoms with Gasteiger partial charge in [0.05, 0.1) is 32.2 Å². The highest BCUT2D eigenvalue weighted by Crippen LogP contribution is 2.33. The Bertz CT molecular complexity index is 1330. The van der Waals surface area contributed by atoms with E-state index in [1.54, 1.807) is 0 Å². The number of carbonyl (C=O) groups excluding carboxylic acids is 2. The van der Waals surface area contributed by atoms with Gasteiger partial charge in [0.15, 0.2) is 0 Å². The highest BCUT2D eigenvalue weighted by atomic mass is 35.5. The summed E-state index contributed by atoms with van der Waals surface area (Å²) < 4.78 is 16.0.